The van der Waals surface area contributed by atoms with Gasteiger partial charge in [-0.05, 0) is 45.2 Å². The van der Waals surface area contributed by atoms with Crippen molar-refractivity contribution in [3.05, 3.63) is 68.8 Å². The number of hydrogen-bond acceptors (Lipinski definition) is 4. The fourth-order valence-corrected chi connectivity index (χ4v) is 3.41. The van der Waals surface area contributed by atoms with E-state index < -0.39 is 0 Å². The molecule has 138 valence electrons. The summed E-state index contributed by atoms with van der Waals surface area (Å²) in [4.78, 5) is 25.0. The van der Waals surface area contributed by atoms with E-state index in [4.69, 9.17) is 18.2 Å². The fraction of sp³-hybridized carbons (Fsp3) is 0.300. The van der Waals surface area contributed by atoms with Crippen LogP contribution >= 0.6 is 11.6 Å². The largest absolute Gasteiger partial charge is 0.371 e. The first-order chi connectivity index (χ1) is 12.8. The quantitative estimate of drug-likeness (QED) is 0.641. The van der Waals surface area contributed by atoms with Gasteiger partial charge < -0.3 is 9.88 Å². The van der Waals surface area contributed by atoms with E-state index in [0.29, 0.717) is 27.7 Å². The molecule has 0 bridgehead atoms. The Morgan fingerprint density at radius 2 is 2.04 bits per heavy atom. The summed E-state index contributed by atoms with van der Waals surface area (Å²) in [6.45, 7) is 14.9. The van der Waals surface area contributed by atoms with Crippen LogP contribution in [0.15, 0.2) is 35.3 Å². The van der Waals surface area contributed by atoms with Gasteiger partial charge in [-0.1, -0.05) is 23.7 Å². The number of anilines is 1. The molecular weight excluding hydrogens is 362 g/mol. The normalized spacial score (nSPS) is 12.2. The molecule has 0 aliphatic carbocycles. The number of hydrogen-bond donors (Lipinski definition) is 1. The highest BCUT2D eigenvalue weighted by Gasteiger charge is 2.19. The van der Waals surface area contributed by atoms with Crippen LogP contribution in [-0.4, -0.2) is 14.5 Å². The van der Waals surface area contributed by atoms with Gasteiger partial charge in [-0.3, -0.25) is 9.78 Å². The molecule has 0 aliphatic heterocycles. The van der Waals surface area contributed by atoms with Crippen LogP contribution in [0.5, 0.6) is 0 Å². The number of rotatable bonds is 4. The summed E-state index contributed by atoms with van der Waals surface area (Å²) >= 11 is 6.28. The molecule has 0 saturated carbocycles. The monoisotopic (exact) mass is 381 g/mol. The van der Waals surface area contributed by atoms with Crippen LogP contribution in [0.1, 0.15) is 44.4 Å². The number of halogens is 1. The van der Waals surface area contributed by atoms with E-state index in [2.05, 4.69) is 20.1 Å². The lowest BCUT2D eigenvalue weighted by atomic mass is 10.1. The minimum Gasteiger partial charge on any atom is -0.371 e. The van der Waals surface area contributed by atoms with Gasteiger partial charge in [0.2, 0.25) is 5.69 Å². The Morgan fingerprint density at radius 3 is 2.70 bits per heavy atom. The summed E-state index contributed by atoms with van der Waals surface area (Å²) in [6, 6.07) is 7.09. The van der Waals surface area contributed by atoms with Crippen LogP contribution in [0.4, 0.5) is 11.5 Å². The van der Waals surface area contributed by atoms with Gasteiger partial charge in [0.25, 0.3) is 5.56 Å². The molecule has 0 amide bonds. The highest BCUT2D eigenvalue weighted by Crippen LogP contribution is 2.29. The van der Waals surface area contributed by atoms with Crippen LogP contribution < -0.4 is 10.9 Å². The van der Waals surface area contributed by atoms with Crippen LogP contribution in [0.2, 0.25) is 5.02 Å². The predicted molar refractivity (Wildman–Crippen MR) is 109 cm³/mol. The molecular formula is C20H20ClN5O. The van der Waals surface area contributed by atoms with Crippen LogP contribution in [0.3, 0.4) is 0 Å². The van der Waals surface area contributed by atoms with E-state index in [0.717, 1.165) is 11.1 Å². The minimum atomic E-state index is -0.252. The van der Waals surface area contributed by atoms with Crippen molar-refractivity contribution in [2.45, 2.75) is 39.8 Å². The average molecular weight is 382 g/mol. The van der Waals surface area contributed by atoms with Gasteiger partial charge in [-0.25, -0.2) is 9.83 Å². The molecule has 3 aromatic rings. The number of pyridine rings is 1. The number of nitrogens with zero attached hydrogens (tertiary/aromatic N) is 4. The highest BCUT2D eigenvalue weighted by atomic mass is 35.5. The van der Waals surface area contributed by atoms with Gasteiger partial charge in [0.15, 0.2) is 0 Å². The summed E-state index contributed by atoms with van der Waals surface area (Å²) in [5, 5.41) is 5.01. The summed E-state index contributed by atoms with van der Waals surface area (Å²) in [5.41, 5.74) is 1.02. The Labute approximate surface area is 162 Å². The van der Waals surface area contributed by atoms with Gasteiger partial charge in [-0.15, -0.1) is 0 Å². The van der Waals surface area contributed by atoms with Gasteiger partial charge in [-0.2, -0.15) is 0 Å². The zero-order valence-corrected chi connectivity index (χ0v) is 16.4. The van der Waals surface area contributed by atoms with Gasteiger partial charge in [0.1, 0.15) is 11.6 Å². The second-order valence-electron chi connectivity index (χ2n) is 6.67. The van der Waals surface area contributed by atoms with Crippen molar-refractivity contribution in [2.24, 2.45) is 0 Å². The summed E-state index contributed by atoms with van der Waals surface area (Å²) < 4.78 is 1.73. The van der Waals surface area contributed by atoms with Crippen molar-refractivity contribution in [1.82, 2.24) is 14.5 Å². The molecule has 0 fully saturated rings. The van der Waals surface area contributed by atoms with Crippen LogP contribution in [0, 0.1) is 13.5 Å². The summed E-state index contributed by atoms with van der Waals surface area (Å²) in [7, 11) is 0. The smallest absolute Gasteiger partial charge is 0.260 e. The molecule has 0 spiro atoms. The zero-order chi connectivity index (χ0) is 19.7. The van der Waals surface area contributed by atoms with E-state index in [1.165, 1.54) is 6.20 Å². The summed E-state index contributed by atoms with van der Waals surface area (Å²) in [5.74, 6) is 1.03. The third kappa shape index (κ3) is 3.51. The molecule has 1 N–H and O–H groups in total. The van der Waals surface area contributed by atoms with Gasteiger partial charge in [0, 0.05) is 17.9 Å². The SMILES string of the molecule is [C-]#[N+]c1cnc(C)nc1N[C@@H](C)c1cc2cccc(Cl)c2c(=O)n1C(C)C. The van der Waals surface area contributed by atoms with E-state index in [-0.39, 0.29) is 17.6 Å². The molecule has 1 atom stereocenters. The maximum Gasteiger partial charge on any atom is 0.260 e. The second kappa shape index (κ2) is 7.37. The lowest BCUT2D eigenvalue weighted by Gasteiger charge is -2.24. The number of nitrogens with one attached hydrogen (secondary N) is 1. The van der Waals surface area contributed by atoms with Gasteiger partial charge in [0.05, 0.1) is 23.0 Å². The number of aromatic nitrogens is 3. The predicted octanol–water partition coefficient (Wildman–Crippen LogP) is 5.06. The van der Waals surface area contributed by atoms with Crippen molar-refractivity contribution < 1.29 is 0 Å². The molecule has 0 saturated heterocycles. The number of aryl methyl sites for hydroxylation is 1. The standard InChI is InChI=1S/C20H20ClN5O/c1-11(2)26-17(9-14-7-6-8-15(21)18(14)20(26)27)12(3)24-19-16(22-5)10-23-13(4)25-19/h6-12H,1-4H3,(H,23,24,25)/t12-/m0/s1. The highest BCUT2D eigenvalue weighted by molar-refractivity contribution is 6.35. The number of fused-ring (bicyclic) bond motifs is 1. The third-order valence-corrected chi connectivity index (χ3v) is 4.70. The lowest BCUT2D eigenvalue weighted by molar-refractivity contribution is 0.541. The first kappa shape index (κ1) is 18.9. The molecule has 27 heavy (non-hydrogen) atoms. The molecule has 7 heteroatoms. The maximum atomic E-state index is 13.1. The van der Waals surface area contributed by atoms with Crippen molar-refractivity contribution in [2.75, 3.05) is 5.32 Å². The van der Waals surface area contributed by atoms with Crippen molar-refractivity contribution in [3.63, 3.8) is 0 Å². The molecule has 0 radical (unpaired) electrons. The minimum absolute atomic E-state index is 0.0510. The van der Waals surface area contributed by atoms with E-state index in [1.807, 2.05) is 39.0 Å². The van der Waals surface area contributed by atoms with Crippen LogP contribution in [-0.2, 0) is 0 Å². The topological polar surface area (TPSA) is 64.2 Å². The molecule has 1 aromatic carbocycles. The molecule has 6 nitrogen and oxygen atoms in total. The Hall–Kier alpha value is -2.91. The van der Waals surface area contributed by atoms with Crippen molar-refractivity contribution in [1.29, 1.82) is 0 Å². The molecule has 0 aliphatic rings. The zero-order valence-electron chi connectivity index (χ0n) is 15.6. The third-order valence-electron chi connectivity index (χ3n) is 4.38. The Kier molecular flexibility index (Phi) is 5.15. The second-order valence-corrected chi connectivity index (χ2v) is 7.08. The molecule has 2 aromatic heterocycles. The first-order valence-corrected chi connectivity index (χ1v) is 9.02. The maximum absolute atomic E-state index is 13.1. The first-order valence-electron chi connectivity index (χ1n) is 8.64. The Balaban J connectivity index is 2.16. The van der Waals surface area contributed by atoms with Crippen molar-refractivity contribution in [3.8, 4) is 0 Å². The lowest BCUT2D eigenvalue weighted by Crippen LogP contribution is -2.28. The molecule has 0 unspecified atom stereocenters. The van der Waals surface area contributed by atoms with E-state index in [1.54, 1.807) is 17.6 Å². The van der Waals surface area contributed by atoms with Crippen LogP contribution in [0.25, 0.3) is 15.6 Å². The average Bonchev–Trinajstić information content (AvgIpc) is 2.61. The fourth-order valence-electron chi connectivity index (χ4n) is 3.15. The van der Waals surface area contributed by atoms with E-state index in [9.17, 15) is 4.79 Å². The summed E-state index contributed by atoms with van der Waals surface area (Å²) in [6.07, 6.45) is 1.50. The molecule has 3 rings (SSSR count). The van der Waals surface area contributed by atoms with Gasteiger partial charge >= 0.3 is 0 Å². The number of benzene rings is 1. The Bertz CT molecular complexity index is 1110. The molecule has 2 heterocycles. The Morgan fingerprint density at radius 1 is 1.30 bits per heavy atom. The van der Waals surface area contributed by atoms with E-state index >= 15 is 0 Å². The van der Waals surface area contributed by atoms with Crippen molar-refractivity contribution >= 4 is 33.9 Å².